The molecule has 0 spiro atoms. The fraction of sp³-hybridized carbons (Fsp3) is 0.899. The second-order valence-corrected chi connectivity index (χ2v) is 27.4. The molecular formula is C69H125O24P. The minimum Gasteiger partial charge on any atom is -0.463 e. The van der Waals surface area contributed by atoms with Crippen molar-refractivity contribution in [3.05, 3.63) is 24.3 Å². The highest BCUT2D eigenvalue weighted by Gasteiger charge is 2.58. The molecule has 2 saturated heterocycles. The number of carbonyl (C=O) groups excluding carboxylic acids is 3. The quantitative estimate of drug-likeness (QED) is 0.00889. The first-order valence-corrected chi connectivity index (χ1v) is 37.6. The minimum atomic E-state index is -5.70. The van der Waals surface area contributed by atoms with Gasteiger partial charge in [-0.1, -0.05) is 199 Å². The van der Waals surface area contributed by atoms with Crippen molar-refractivity contribution >= 4 is 25.7 Å². The summed E-state index contributed by atoms with van der Waals surface area (Å²) in [6.07, 6.45) is 9.88. The zero-order chi connectivity index (χ0) is 68.9. The van der Waals surface area contributed by atoms with Gasteiger partial charge in [0.1, 0.15) is 98.7 Å². The topological polar surface area (TPSA) is 374 Å². The van der Waals surface area contributed by atoms with E-state index in [1.807, 2.05) is 0 Å². The van der Waals surface area contributed by atoms with E-state index in [2.05, 4.69) is 45.1 Å². The summed E-state index contributed by atoms with van der Waals surface area (Å²) in [5, 5.41) is 110. The molecule has 3 aliphatic rings. The van der Waals surface area contributed by atoms with Crippen LogP contribution in [-0.4, -0.2) is 204 Å². The van der Waals surface area contributed by atoms with Gasteiger partial charge < -0.3 is 89.1 Å². The van der Waals surface area contributed by atoms with Crippen LogP contribution in [-0.2, 0) is 61.2 Å². The van der Waals surface area contributed by atoms with Crippen LogP contribution >= 0.6 is 7.82 Å². The zero-order valence-electron chi connectivity index (χ0n) is 57.0. The van der Waals surface area contributed by atoms with Crippen molar-refractivity contribution in [2.24, 2.45) is 0 Å². The molecule has 24 nitrogen and oxygen atoms in total. The SMILES string of the molecule is CCCCCCCC/C=C\CCCCCC(=O)OCC1OC(OC2C(O)C(O)C(O)C(OC3OC(CO)C(O)C(O)C3O)C2OP(=O)(O)OCC(COC(=O)CCCCCCCCCCCCCC)OC(=O)CCCCC/C=C\CCCCCCCCC)C(O)C(O)C1O. The first-order chi connectivity index (χ1) is 45.3. The summed E-state index contributed by atoms with van der Waals surface area (Å²) in [6.45, 7) is 3.38. The Bertz CT molecular complexity index is 2050. The lowest BCUT2D eigenvalue weighted by molar-refractivity contribution is -0.360. The number of unbranched alkanes of at least 4 members (excludes halogenated alkanes) is 30. The monoisotopic (exact) mass is 1370 g/mol. The van der Waals surface area contributed by atoms with Gasteiger partial charge in [-0.05, 0) is 70.6 Å². The van der Waals surface area contributed by atoms with E-state index >= 15 is 0 Å². The largest absolute Gasteiger partial charge is 0.472 e. The number of phosphoric ester groups is 1. The van der Waals surface area contributed by atoms with Crippen LogP contribution in [0.2, 0.25) is 0 Å². The molecule has 0 aromatic carbocycles. The second kappa shape index (κ2) is 51.6. The lowest BCUT2D eigenvalue weighted by Gasteiger charge is -2.49. The molecule has 3 fully saturated rings. The highest BCUT2D eigenvalue weighted by atomic mass is 31.2. The average Bonchev–Trinajstić information content (AvgIpc) is 0.771. The normalized spacial score (nSPS) is 28.4. The maximum atomic E-state index is 14.3. The number of hydrogen-bond donors (Lipinski definition) is 11. The highest BCUT2D eigenvalue weighted by molar-refractivity contribution is 7.47. The fourth-order valence-electron chi connectivity index (χ4n) is 11.7. The van der Waals surface area contributed by atoms with E-state index in [1.165, 1.54) is 109 Å². The molecule has 0 amide bonds. The van der Waals surface area contributed by atoms with E-state index in [9.17, 15) is 74.9 Å². The van der Waals surface area contributed by atoms with Crippen LogP contribution in [0.1, 0.15) is 265 Å². The molecule has 0 bridgehead atoms. The van der Waals surface area contributed by atoms with E-state index in [-0.39, 0.29) is 19.3 Å². The maximum absolute atomic E-state index is 14.3. The molecule has 94 heavy (non-hydrogen) atoms. The van der Waals surface area contributed by atoms with Gasteiger partial charge >= 0.3 is 25.7 Å². The van der Waals surface area contributed by atoms with Crippen LogP contribution in [0.25, 0.3) is 0 Å². The van der Waals surface area contributed by atoms with Crippen molar-refractivity contribution in [2.45, 2.75) is 369 Å². The van der Waals surface area contributed by atoms with Gasteiger partial charge in [0, 0.05) is 19.3 Å². The molecule has 0 radical (unpaired) electrons. The molecule has 25 heteroatoms. The highest BCUT2D eigenvalue weighted by Crippen LogP contribution is 2.49. The summed E-state index contributed by atoms with van der Waals surface area (Å²) < 4.78 is 64.8. The van der Waals surface area contributed by atoms with Crippen LogP contribution in [0.15, 0.2) is 24.3 Å². The van der Waals surface area contributed by atoms with Gasteiger partial charge in [0.15, 0.2) is 18.7 Å². The second-order valence-electron chi connectivity index (χ2n) is 25.9. The number of rotatable bonds is 55. The van der Waals surface area contributed by atoms with E-state index in [1.54, 1.807) is 0 Å². The molecule has 2 aliphatic heterocycles. The van der Waals surface area contributed by atoms with Gasteiger partial charge in [-0.15, -0.1) is 0 Å². The Hall–Kier alpha value is -2.56. The lowest BCUT2D eigenvalue weighted by atomic mass is 9.84. The first kappa shape index (κ1) is 85.7. The Morgan fingerprint density at radius 3 is 1.16 bits per heavy atom. The molecule has 550 valence electrons. The first-order valence-electron chi connectivity index (χ1n) is 36.1. The Morgan fingerprint density at radius 1 is 0.404 bits per heavy atom. The molecule has 3 rings (SSSR count). The summed E-state index contributed by atoms with van der Waals surface area (Å²) in [5.41, 5.74) is 0. The molecule has 1 saturated carbocycles. The number of allylic oxidation sites excluding steroid dienone is 4. The van der Waals surface area contributed by atoms with E-state index in [4.69, 9.17) is 42.2 Å². The van der Waals surface area contributed by atoms with Crippen LogP contribution in [0.3, 0.4) is 0 Å². The van der Waals surface area contributed by atoms with Gasteiger partial charge in [0.25, 0.3) is 0 Å². The Labute approximate surface area is 560 Å². The summed E-state index contributed by atoms with van der Waals surface area (Å²) in [6, 6.07) is 0. The molecule has 1 aliphatic carbocycles. The van der Waals surface area contributed by atoms with Crippen molar-refractivity contribution in [1.82, 2.24) is 0 Å². The Morgan fingerprint density at radius 2 is 0.745 bits per heavy atom. The molecule has 2 heterocycles. The molecule has 18 unspecified atom stereocenters. The average molecular weight is 1370 g/mol. The number of esters is 3. The van der Waals surface area contributed by atoms with Gasteiger partial charge in [-0.25, -0.2) is 4.57 Å². The van der Waals surface area contributed by atoms with E-state index in [0.29, 0.717) is 25.7 Å². The predicted octanol–water partition coefficient (Wildman–Crippen LogP) is 8.96. The number of aliphatic hydroxyl groups is 10. The summed E-state index contributed by atoms with van der Waals surface area (Å²) in [4.78, 5) is 50.8. The Balaban J connectivity index is 1.76. The van der Waals surface area contributed by atoms with Crippen LogP contribution in [0.5, 0.6) is 0 Å². The molecular weight excluding hydrogens is 1240 g/mol. The summed E-state index contributed by atoms with van der Waals surface area (Å²) in [7, 11) is -5.70. The van der Waals surface area contributed by atoms with Crippen LogP contribution in [0.4, 0.5) is 0 Å². The number of phosphoric acid groups is 1. The van der Waals surface area contributed by atoms with Gasteiger partial charge in [-0.2, -0.15) is 0 Å². The standard InChI is InChI=1S/C69H125O24P/c1-4-7-10-13-16-19-22-25-27-30-33-36-39-42-45-55(73)88-50(47-85-53(71)43-40-37-34-31-28-24-21-18-15-12-9-6-3)48-87-94(83,84)93-67-65(91-68-63(81)58(76)56(74)51(46-70)89-68)61(79)60(78)62(80)66(67)92-69-64(82)59(77)57(75)52(90-69)49-86-54(72)44-41-38-35-32-29-26-23-20-17-14-11-8-5-2/h26-27,29-30,50-52,56-70,74-82H,4-25,28,31-49H2,1-3H3,(H,83,84)/b29-26-,30-27-. The van der Waals surface area contributed by atoms with Crippen LogP contribution < -0.4 is 0 Å². The molecule has 11 N–H and O–H groups in total. The molecule has 0 aromatic rings. The maximum Gasteiger partial charge on any atom is 0.472 e. The van der Waals surface area contributed by atoms with Crippen molar-refractivity contribution < 1.29 is 117 Å². The van der Waals surface area contributed by atoms with Crippen molar-refractivity contribution in [3.63, 3.8) is 0 Å². The predicted molar refractivity (Wildman–Crippen MR) is 351 cm³/mol. The van der Waals surface area contributed by atoms with Gasteiger partial charge in [0.2, 0.25) is 0 Å². The molecule has 0 aromatic heterocycles. The summed E-state index contributed by atoms with van der Waals surface area (Å²) in [5.74, 6) is -2.02. The number of aliphatic hydroxyl groups excluding tert-OH is 10. The minimum absolute atomic E-state index is 0.00750. The number of hydrogen-bond acceptors (Lipinski definition) is 23. The number of ether oxygens (including phenoxy) is 7. The third kappa shape index (κ3) is 35.0. The van der Waals surface area contributed by atoms with Crippen molar-refractivity contribution in [2.75, 3.05) is 26.4 Å². The van der Waals surface area contributed by atoms with Gasteiger partial charge in [-0.3, -0.25) is 23.4 Å². The molecule has 18 atom stereocenters. The van der Waals surface area contributed by atoms with Crippen molar-refractivity contribution in [1.29, 1.82) is 0 Å². The lowest BCUT2D eigenvalue weighted by Crippen LogP contribution is -2.69. The van der Waals surface area contributed by atoms with Crippen LogP contribution in [0, 0.1) is 0 Å². The van der Waals surface area contributed by atoms with Gasteiger partial charge in [0.05, 0.1) is 13.2 Å². The third-order valence-corrected chi connectivity index (χ3v) is 18.7. The smallest absolute Gasteiger partial charge is 0.463 e. The van der Waals surface area contributed by atoms with E-state index in [0.717, 1.165) is 89.9 Å². The number of carbonyl (C=O) groups is 3. The Kier molecular flexibility index (Phi) is 47.0. The summed E-state index contributed by atoms with van der Waals surface area (Å²) >= 11 is 0. The third-order valence-electron chi connectivity index (χ3n) is 17.7. The zero-order valence-corrected chi connectivity index (χ0v) is 57.9. The fourth-order valence-corrected chi connectivity index (χ4v) is 12.7. The van der Waals surface area contributed by atoms with Crippen molar-refractivity contribution in [3.8, 4) is 0 Å². The van der Waals surface area contributed by atoms with E-state index < -0.39 is 156 Å².